The minimum Gasteiger partial charge on any atom is -0.438 e. The van der Waals surface area contributed by atoms with Gasteiger partial charge in [0.15, 0.2) is 5.82 Å². The van der Waals surface area contributed by atoms with Crippen molar-refractivity contribution in [1.82, 2.24) is 40.4 Å². The van der Waals surface area contributed by atoms with E-state index in [1.165, 1.54) is 12.1 Å². The van der Waals surface area contributed by atoms with Gasteiger partial charge in [0.25, 0.3) is 10.0 Å². The van der Waals surface area contributed by atoms with Crippen LogP contribution in [0.15, 0.2) is 71.9 Å². The molecule has 2 N–H and O–H groups in total. The summed E-state index contributed by atoms with van der Waals surface area (Å²) in [7, 11) is -4.02. The van der Waals surface area contributed by atoms with E-state index in [4.69, 9.17) is 4.74 Å². The zero-order valence-electron chi connectivity index (χ0n) is 18.0. The summed E-state index contributed by atoms with van der Waals surface area (Å²) < 4.78 is 49.6. The molecule has 2 aromatic carbocycles. The summed E-state index contributed by atoms with van der Waals surface area (Å²) >= 11 is 0. The number of hydrogen-bond acceptors (Lipinski definition) is 9. The number of sulfonamides is 1. The third kappa shape index (κ3) is 4.67. The first-order valence-electron chi connectivity index (χ1n) is 10.1. The van der Waals surface area contributed by atoms with Gasteiger partial charge in [0, 0.05) is 24.1 Å². The minimum atomic E-state index is -4.02. The number of benzene rings is 2. The van der Waals surface area contributed by atoms with E-state index in [1.807, 2.05) is 6.92 Å². The molecule has 0 spiro atoms. The lowest BCUT2D eigenvalue weighted by atomic mass is 10.2. The van der Waals surface area contributed by atoms with Crippen LogP contribution in [0.25, 0.3) is 17.2 Å². The molecule has 5 rings (SSSR count). The Kier molecular flexibility index (Phi) is 5.62. The van der Waals surface area contributed by atoms with Crippen LogP contribution in [-0.2, 0) is 10.0 Å². The summed E-state index contributed by atoms with van der Waals surface area (Å²) in [4.78, 5) is 3.98. The van der Waals surface area contributed by atoms with E-state index in [9.17, 15) is 12.8 Å². The van der Waals surface area contributed by atoms with Crippen molar-refractivity contribution in [2.75, 3.05) is 4.72 Å². The Bertz CT molecular complexity index is 1570. The van der Waals surface area contributed by atoms with Gasteiger partial charge in [-0.2, -0.15) is 5.21 Å². The summed E-state index contributed by atoms with van der Waals surface area (Å²) in [6, 6.07) is 12.9. The molecule has 0 bridgehead atoms. The molecule has 12 nitrogen and oxygen atoms in total. The summed E-state index contributed by atoms with van der Waals surface area (Å²) in [6.45, 7) is 1.85. The highest BCUT2D eigenvalue weighted by Crippen LogP contribution is 2.26. The van der Waals surface area contributed by atoms with E-state index < -0.39 is 15.8 Å². The van der Waals surface area contributed by atoms with Gasteiger partial charge in [-0.25, -0.2) is 17.8 Å². The van der Waals surface area contributed by atoms with Crippen LogP contribution in [0.4, 0.5) is 10.1 Å². The molecule has 0 atom stereocenters. The van der Waals surface area contributed by atoms with Crippen LogP contribution in [0, 0.1) is 12.7 Å². The molecule has 0 saturated heterocycles. The van der Waals surface area contributed by atoms with Crippen LogP contribution >= 0.6 is 0 Å². The smallest absolute Gasteiger partial charge is 0.261 e. The lowest BCUT2D eigenvalue weighted by Crippen LogP contribution is -2.13. The summed E-state index contributed by atoms with van der Waals surface area (Å²) in [5.41, 5.74) is 0.181. The van der Waals surface area contributed by atoms with Gasteiger partial charge in [0.05, 0.1) is 10.5 Å². The number of anilines is 1. The molecular weight excluding hydrogens is 477 g/mol. The van der Waals surface area contributed by atoms with Crippen LogP contribution < -0.4 is 9.46 Å². The van der Waals surface area contributed by atoms with Gasteiger partial charge in [-0.05, 0) is 60.7 Å². The van der Waals surface area contributed by atoms with Crippen molar-refractivity contribution in [1.29, 1.82) is 0 Å². The van der Waals surface area contributed by atoms with E-state index in [0.29, 0.717) is 11.6 Å². The van der Waals surface area contributed by atoms with Crippen LogP contribution in [0.2, 0.25) is 0 Å². The first-order valence-corrected chi connectivity index (χ1v) is 11.6. The fourth-order valence-electron chi connectivity index (χ4n) is 3.16. The molecule has 0 aliphatic carbocycles. The highest BCUT2D eigenvalue weighted by Gasteiger charge is 2.19. The predicted octanol–water partition coefficient (Wildman–Crippen LogP) is 2.88. The maximum absolute atomic E-state index is 14.1. The minimum absolute atomic E-state index is 0.0580. The molecular formula is C21H16FN9O3S. The Balaban J connectivity index is 1.29. The predicted molar refractivity (Wildman–Crippen MR) is 121 cm³/mol. The second kappa shape index (κ2) is 8.90. The first kappa shape index (κ1) is 22.1. The van der Waals surface area contributed by atoms with Crippen molar-refractivity contribution in [2.24, 2.45) is 0 Å². The Morgan fingerprint density at radius 3 is 2.51 bits per heavy atom. The van der Waals surface area contributed by atoms with Gasteiger partial charge in [0.1, 0.15) is 17.4 Å². The number of aromatic nitrogens is 8. The molecule has 0 aliphatic heterocycles. The van der Waals surface area contributed by atoms with Crippen molar-refractivity contribution < 1.29 is 17.5 Å². The number of aryl methyl sites for hydroxylation is 1. The van der Waals surface area contributed by atoms with Crippen LogP contribution in [0.3, 0.4) is 0 Å². The van der Waals surface area contributed by atoms with Crippen molar-refractivity contribution in [3.05, 3.63) is 78.6 Å². The van der Waals surface area contributed by atoms with Crippen LogP contribution in [0.1, 0.15) is 5.82 Å². The van der Waals surface area contributed by atoms with Crippen molar-refractivity contribution in [3.63, 3.8) is 0 Å². The van der Waals surface area contributed by atoms with E-state index in [0.717, 1.165) is 24.0 Å². The van der Waals surface area contributed by atoms with Crippen molar-refractivity contribution in [2.45, 2.75) is 11.8 Å². The number of ether oxygens (including phenoxy) is 1. The molecule has 0 unspecified atom stereocenters. The molecule has 0 fully saturated rings. The standard InChI is InChI=1S/C21H16FN9O3S/c1-13-23-10-11-31(13)19-8-9-20(25-24-19)34-15-4-2-14(3-5-15)28-35(32,33)16-6-7-18(22)17(12-16)21-26-29-30-27-21/h2-12,28H,1H3,(H,26,27,29,30). The largest absolute Gasteiger partial charge is 0.438 e. The van der Waals surface area contributed by atoms with Gasteiger partial charge < -0.3 is 4.74 Å². The summed E-state index contributed by atoms with van der Waals surface area (Å²) in [5.74, 6) is 1.33. The zero-order chi connectivity index (χ0) is 24.4. The maximum Gasteiger partial charge on any atom is 0.261 e. The number of aromatic amines is 1. The highest BCUT2D eigenvalue weighted by molar-refractivity contribution is 7.92. The number of halogens is 1. The zero-order valence-corrected chi connectivity index (χ0v) is 18.8. The van der Waals surface area contributed by atoms with Gasteiger partial charge >= 0.3 is 0 Å². The summed E-state index contributed by atoms with van der Waals surface area (Å²) in [6.07, 6.45) is 3.44. The van der Waals surface area contributed by atoms with Gasteiger partial charge in [-0.3, -0.25) is 9.29 Å². The SMILES string of the molecule is Cc1nccn1-c1ccc(Oc2ccc(NS(=O)(=O)c3ccc(F)c(-c4nn[nH]n4)c3)cc2)nn1. The van der Waals surface area contributed by atoms with Crippen molar-refractivity contribution in [3.8, 4) is 28.8 Å². The first-order chi connectivity index (χ1) is 16.9. The number of nitrogens with one attached hydrogen (secondary N) is 2. The van der Waals surface area contributed by atoms with E-state index in [2.05, 4.69) is 40.5 Å². The third-order valence-corrected chi connectivity index (χ3v) is 6.24. The quantitative estimate of drug-likeness (QED) is 0.348. The number of H-pyrrole nitrogens is 1. The molecule has 3 heterocycles. The maximum atomic E-state index is 14.1. The van der Waals surface area contributed by atoms with E-state index >= 15 is 0 Å². The number of tetrazole rings is 1. The molecule has 0 aliphatic rings. The highest BCUT2D eigenvalue weighted by atomic mass is 32.2. The van der Waals surface area contributed by atoms with Crippen molar-refractivity contribution >= 4 is 15.7 Å². The van der Waals surface area contributed by atoms with Crippen LogP contribution in [-0.4, -0.2) is 48.8 Å². The lowest BCUT2D eigenvalue weighted by Gasteiger charge is -2.10. The van der Waals surface area contributed by atoms with E-state index in [-0.39, 0.29) is 27.9 Å². The molecule has 35 heavy (non-hydrogen) atoms. The third-order valence-electron chi connectivity index (χ3n) is 4.86. The Labute approximate surface area is 197 Å². The van der Waals surface area contributed by atoms with E-state index in [1.54, 1.807) is 41.2 Å². The monoisotopic (exact) mass is 493 g/mol. The molecule has 14 heteroatoms. The van der Waals surface area contributed by atoms with Gasteiger partial charge in [0.2, 0.25) is 11.7 Å². The number of nitrogens with zero attached hydrogens (tertiary/aromatic N) is 7. The molecule has 0 radical (unpaired) electrons. The molecule has 176 valence electrons. The fourth-order valence-corrected chi connectivity index (χ4v) is 4.25. The van der Waals surface area contributed by atoms with Gasteiger partial charge in [-0.1, -0.05) is 0 Å². The second-order valence-corrected chi connectivity index (χ2v) is 8.87. The average Bonchev–Trinajstić information content (AvgIpc) is 3.53. The van der Waals surface area contributed by atoms with Crippen LogP contribution in [0.5, 0.6) is 11.6 Å². The molecule has 5 aromatic rings. The number of hydrogen-bond donors (Lipinski definition) is 2. The Morgan fingerprint density at radius 1 is 1.03 bits per heavy atom. The number of imidazole rings is 1. The normalized spacial score (nSPS) is 11.4. The molecule has 0 amide bonds. The topological polar surface area (TPSA) is 153 Å². The number of rotatable bonds is 7. The average molecular weight is 493 g/mol. The second-order valence-electron chi connectivity index (χ2n) is 7.18. The molecule has 0 saturated carbocycles. The Morgan fingerprint density at radius 2 is 1.86 bits per heavy atom. The van der Waals surface area contributed by atoms with Gasteiger partial charge in [-0.15, -0.1) is 20.4 Å². The Hall–Kier alpha value is -4.72. The lowest BCUT2D eigenvalue weighted by molar-refractivity contribution is 0.454. The molecule has 3 aromatic heterocycles. The fraction of sp³-hybridized carbons (Fsp3) is 0.0476. The summed E-state index contributed by atoms with van der Waals surface area (Å²) in [5, 5.41) is 21.1.